The molecule has 0 saturated heterocycles. The highest BCUT2D eigenvalue weighted by molar-refractivity contribution is 6.30. The Morgan fingerprint density at radius 3 is 2.93 bits per heavy atom. The summed E-state index contributed by atoms with van der Waals surface area (Å²) in [5.41, 5.74) is 1.81. The zero-order chi connectivity index (χ0) is 9.42. The predicted octanol–water partition coefficient (Wildman–Crippen LogP) is 3.11. The molecule has 1 atom stereocenters. The summed E-state index contributed by atoms with van der Waals surface area (Å²) in [6.07, 6.45) is 0. The van der Waals surface area contributed by atoms with Gasteiger partial charge in [0.25, 0.3) is 0 Å². The van der Waals surface area contributed by atoms with Crippen molar-refractivity contribution in [2.24, 2.45) is 0 Å². The molecule has 1 heterocycles. The van der Waals surface area contributed by atoms with Crippen molar-refractivity contribution in [3.63, 3.8) is 0 Å². The third-order valence-electron chi connectivity index (χ3n) is 2.48. The minimum Gasteiger partial charge on any atom is -0.312 e. The van der Waals surface area contributed by atoms with Gasteiger partial charge in [0.1, 0.15) is 5.82 Å². The van der Waals surface area contributed by atoms with Gasteiger partial charge in [-0.1, -0.05) is 24.6 Å². The molecule has 0 aliphatic carbocycles. The Balaban J connectivity index is 0.000000980. The van der Waals surface area contributed by atoms with Crippen molar-refractivity contribution < 1.29 is 4.39 Å². The monoisotopic (exact) mass is 235 g/mol. The van der Waals surface area contributed by atoms with E-state index in [0.29, 0.717) is 0 Å². The van der Waals surface area contributed by atoms with Crippen molar-refractivity contribution in [1.29, 1.82) is 0 Å². The maximum atomic E-state index is 13.6. The van der Waals surface area contributed by atoms with Gasteiger partial charge >= 0.3 is 0 Å². The normalized spacial score (nSPS) is 19.8. The minimum atomic E-state index is -0.242. The molecule has 1 aliphatic rings. The summed E-state index contributed by atoms with van der Waals surface area (Å²) in [5.74, 6) is -0.0318. The lowest BCUT2D eigenvalue weighted by atomic mass is 9.92. The van der Waals surface area contributed by atoms with Gasteiger partial charge in [0.05, 0.1) is 5.02 Å². The molecular formula is C10H12Cl2FN. The summed E-state index contributed by atoms with van der Waals surface area (Å²) < 4.78 is 13.6. The van der Waals surface area contributed by atoms with Gasteiger partial charge in [-0.3, -0.25) is 0 Å². The Morgan fingerprint density at radius 2 is 2.21 bits per heavy atom. The molecule has 14 heavy (non-hydrogen) atoms. The zero-order valence-corrected chi connectivity index (χ0v) is 9.38. The molecule has 2 rings (SSSR count). The van der Waals surface area contributed by atoms with Gasteiger partial charge in [-0.2, -0.15) is 0 Å². The van der Waals surface area contributed by atoms with Crippen molar-refractivity contribution in [2.45, 2.75) is 19.4 Å². The summed E-state index contributed by atoms with van der Waals surface area (Å²) in [6, 6.07) is 3.51. The molecule has 78 valence electrons. The fraction of sp³-hybridized carbons (Fsp3) is 0.400. The van der Waals surface area contributed by atoms with E-state index in [1.54, 1.807) is 6.07 Å². The van der Waals surface area contributed by atoms with Crippen LogP contribution in [-0.4, -0.2) is 6.54 Å². The molecule has 0 spiro atoms. The van der Waals surface area contributed by atoms with Crippen molar-refractivity contribution >= 4 is 24.0 Å². The van der Waals surface area contributed by atoms with Crippen LogP contribution in [0.4, 0.5) is 4.39 Å². The summed E-state index contributed by atoms with van der Waals surface area (Å²) in [5, 5.41) is 3.46. The van der Waals surface area contributed by atoms with Crippen LogP contribution in [0, 0.1) is 5.82 Å². The van der Waals surface area contributed by atoms with E-state index in [9.17, 15) is 4.39 Å². The molecule has 0 amide bonds. The number of benzene rings is 1. The number of rotatable bonds is 0. The molecule has 0 saturated carbocycles. The van der Waals surface area contributed by atoms with Gasteiger partial charge < -0.3 is 5.32 Å². The van der Waals surface area contributed by atoms with E-state index in [2.05, 4.69) is 5.32 Å². The Bertz CT molecular complexity index is 341. The fourth-order valence-electron chi connectivity index (χ4n) is 1.82. The average molecular weight is 236 g/mol. The lowest BCUT2D eigenvalue weighted by Gasteiger charge is -2.24. The van der Waals surface area contributed by atoms with Crippen molar-refractivity contribution in [3.8, 4) is 0 Å². The van der Waals surface area contributed by atoms with Gasteiger partial charge in [-0.15, -0.1) is 12.4 Å². The second-order valence-corrected chi connectivity index (χ2v) is 3.87. The largest absolute Gasteiger partial charge is 0.312 e. The lowest BCUT2D eigenvalue weighted by molar-refractivity contribution is 0.523. The van der Waals surface area contributed by atoms with Crippen molar-refractivity contribution in [3.05, 3.63) is 34.1 Å². The molecule has 0 aromatic heterocycles. The highest BCUT2D eigenvalue weighted by atomic mass is 35.5. The van der Waals surface area contributed by atoms with E-state index >= 15 is 0 Å². The molecule has 1 nitrogen and oxygen atoms in total. The van der Waals surface area contributed by atoms with Crippen LogP contribution >= 0.6 is 24.0 Å². The third-order valence-corrected chi connectivity index (χ3v) is 2.77. The summed E-state index contributed by atoms with van der Waals surface area (Å²) >= 11 is 5.72. The molecule has 0 radical (unpaired) electrons. The molecule has 1 N–H and O–H groups in total. The molecule has 4 heteroatoms. The summed E-state index contributed by atoms with van der Waals surface area (Å²) in [4.78, 5) is 0. The zero-order valence-electron chi connectivity index (χ0n) is 7.81. The van der Waals surface area contributed by atoms with Crippen LogP contribution in [0.2, 0.25) is 5.02 Å². The number of nitrogens with one attached hydrogen (secondary N) is 1. The second kappa shape index (κ2) is 4.47. The first kappa shape index (κ1) is 11.8. The van der Waals surface area contributed by atoms with Crippen LogP contribution in [0.3, 0.4) is 0 Å². The molecular weight excluding hydrogens is 224 g/mol. The van der Waals surface area contributed by atoms with E-state index in [1.807, 2.05) is 13.0 Å². The number of hydrogen-bond donors (Lipinski definition) is 1. The Kier molecular flexibility index (Phi) is 3.76. The number of fused-ring (bicyclic) bond motifs is 1. The Hall–Kier alpha value is -0.310. The lowest BCUT2D eigenvalue weighted by Crippen LogP contribution is -2.27. The average Bonchev–Trinajstić information content (AvgIpc) is 2.12. The molecule has 1 aromatic carbocycles. The second-order valence-electron chi connectivity index (χ2n) is 3.47. The standard InChI is InChI=1S/C10H11ClFN.ClH/c1-6-4-13-5-7-2-3-8(11)10(12)9(6)7;/h2-3,6,13H,4-5H2,1H3;1H. The van der Waals surface area contributed by atoms with Gasteiger partial charge in [0.2, 0.25) is 0 Å². The highest BCUT2D eigenvalue weighted by Gasteiger charge is 2.21. The van der Waals surface area contributed by atoms with E-state index in [1.165, 1.54) is 0 Å². The number of halogens is 3. The molecule has 1 unspecified atom stereocenters. The first-order chi connectivity index (χ1) is 6.20. The Labute approximate surface area is 94.1 Å². The van der Waals surface area contributed by atoms with Crippen LogP contribution in [-0.2, 0) is 6.54 Å². The first-order valence-corrected chi connectivity index (χ1v) is 4.75. The summed E-state index contributed by atoms with van der Waals surface area (Å²) in [6.45, 7) is 3.57. The predicted molar refractivity (Wildman–Crippen MR) is 58.8 cm³/mol. The smallest absolute Gasteiger partial charge is 0.145 e. The number of hydrogen-bond acceptors (Lipinski definition) is 1. The minimum absolute atomic E-state index is 0. The van der Waals surface area contributed by atoms with E-state index in [0.717, 1.165) is 24.2 Å². The van der Waals surface area contributed by atoms with E-state index in [-0.39, 0.29) is 29.2 Å². The van der Waals surface area contributed by atoms with Crippen LogP contribution in [0.15, 0.2) is 12.1 Å². The third kappa shape index (κ3) is 1.88. The topological polar surface area (TPSA) is 12.0 Å². The van der Waals surface area contributed by atoms with Crippen LogP contribution in [0.5, 0.6) is 0 Å². The molecule has 0 bridgehead atoms. The molecule has 0 fully saturated rings. The van der Waals surface area contributed by atoms with Crippen molar-refractivity contribution in [2.75, 3.05) is 6.54 Å². The maximum absolute atomic E-state index is 13.6. The quantitative estimate of drug-likeness (QED) is 0.729. The van der Waals surface area contributed by atoms with Gasteiger partial charge in [-0.05, 0) is 23.1 Å². The van der Waals surface area contributed by atoms with Crippen molar-refractivity contribution in [1.82, 2.24) is 5.32 Å². The van der Waals surface area contributed by atoms with Gasteiger partial charge in [0, 0.05) is 13.1 Å². The van der Waals surface area contributed by atoms with Crippen LogP contribution in [0.1, 0.15) is 24.0 Å². The first-order valence-electron chi connectivity index (χ1n) is 4.37. The van der Waals surface area contributed by atoms with Crippen LogP contribution in [0.25, 0.3) is 0 Å². The maximum Gasteiger partial charge on any atom is 0.145 e. The fourth-order valence-corrected chi connectivity index (χ4v) is 1.98. The van der Waals surface area contributed by atoms with Gasteiger partial charge in [-0.25, -0.2) is 4.39 Å². The highest BCUT2D eigenvalue weighted by Crippen LogP contribution is 2.30. The van der Waals surface area contributed by atoms with Crippen LogP contribution < -0.4 is 5.32 Å². The molecule has 1 aliphatic heterocycles. The summed E-state index contributed by atoms with van der Waals surface area (Å²) in [7, 11) is 0. The molecule has 1 aromatic rings. The van der Waals surface area contributed by atoms with Gasteiger partial charge in [0.15, 0.2) is 0 Å². The van der Waals surface area contributed by atoms with E-state index in [4.69, 9.17) is 11.6 Å². The SMILES string of the molecule is CC1CNCc2ccc(Cl)c(F)c21.Cl. The Morgan fingerprint density at radius 1 is 1.50 bits per heavy atom. The van der Waals surface area contributed by atoms with E-state index < -0.39 is 0 Å².